The summed E-state index contributed by atoms with van der Waals surface area (Å²) in [6, 6.07) is 3.38. The van der Waals surface area contributed by atoms with Crippen molar-refractivity contribution in [2.24, 2.45) is 5.92 Å². The maximum Gasteiger partial charge on any atom is 0.373 e. The zero-order valence-corrected chi connectivity index (χ0v) is 11.4. The molecule has 0 spiro atoms. The van der Waals surface area contributed by atoms with Gasteiger partial charge in [0.05, 0.1) is 7.11 Å². The lowest BCUT2D eigenvalue weighted by atomic mass is 10.2. The number of hydrogen-bond acceptors (Lipinski definition) is 4. The van der Waals surface area contributed by atoms with Crippen LogP contribution >= 0.6 is 0 Å². The van der Waals surface area contributed by atoms with Gasteiger partial charge in [-0.15, -0.1) is 0 Å². The van der Waals surface area contributed by atoms with E-state index in [0.717, 1.165) is 18.7 Å². The number of ether oxygens (including phenoxy) is 1. The molecule has 0 aromatic carbocycles. The number of carbonyl (C=O) groups excluding carboxylic acids is 1. The van der Waals surface area contributed by atoms with E-state index in [-0.39, 0.29) is 5.76 Å². The molecule has 100 valence electrons. The van der Waals surface area contributed by atoms with Crippen molar-refractivity contribution in [3.8, 4) is 0 Å². The number of hydrogen-bond donors (Lipinski definition) is 1. The number of carbonyl (C=O) groups is 1. The highest BCUT2D eigenvalue weighted by molar-refractivity contribution is 5.86. The van der Waals surface area contributed by atoms with Crippen molar-refractivity contribution in [3.05, 3.63) is 29.2 Å². The first-order valence-corrected chi connectivity index (χ1v) is 6.09. The van der Waals surface area contributed by atoms with E-state index in [4.69, 9.17) is 4.42 Å². The summed E-state index contributed by atoms with van der Waals surface area (Å²) in [5, 5.41) is 3.34. The Balaban J connectivity index is 2.54. The van der Waals surface area contributed by atoms with Crippen LogP contribution in [-0.2, 0) is 4.74 Å². The smallest absolute Gasteiger partial charge is 0.373 e. The Hall–Kier alpha value is -1.55. The number of esters is 1. The maximum absolute atomic E-state index is 11.2. The molecule has 4 heteroatoms. The third kappa shape index (κ3) is 4.75. The average molecular weight is 251 g/mol. The Labute approximate surface area is 108 Å². The van der Waals surface area contributed by atoms with Crippen molar-refractivity contribution in [2.45, 2.75) is 20.8 Å². The van der Waals surface area contributed by atoms with Crippen molar-refractivity contribution < 1.29 is 13.9 Å². The van der Waals surface area contributed by atoms with Crippen molar-refractivity contribution in [1.29, 1.82) is 0 Å². The maximum atomic E-state index is 11.2. The largest absolute Gasteiger partial charge is 0.463 e. The highest BCUT2D eigenvalue weighted by Crippen LogP contribution is 2.12. The zero-order valence-electron chi connectivity index (χ0n) is 11.4. The van der Waals surface area contributed by atoms with Crippen LogP contribution in [0.2, 0.25) is 0 Å². The second-order valence-electron chi connectivity index (χ2n) is 4.71. The number of furan rings is 1. The summed E-state index contributed by atoms with van der Waals surface area (Å²) in [7, 11) is 1.33. The van der Waals surface area contributed by atoms with Crippen LogP contribution in [0.1, 0.15) is 37.1 Å². The molecule has 0 atom stereocenters. The van der Waals surface area contributed by atoms with Crippen molar-refractivity contribution in [2.75, 3.05) is 20.2 Å². The van der Waals surface area contributed by atoms with E-state index in [0.29, 0.717) is 11.7 Å². The van der Waals surface area contributed by atoms with E-state index < -0.39 is 5.97 Å². The first-order valence-electron chi connectivity index (χ1n) is 6.09. The second kappa shape index (κ2) is 7.01. The van der Waals surface area contributed by atoms with Gasteiger partial charge < -0.3 is 14.5 Å². The minimum Gasteiger partial charge on any atom is -0.463 e. The van der Waals surface area contributed by atoms with Crippen LogP contribution in [0.25, 0.3) is 6.08 Å². The molecule has 0 aliphatic rings. The van der Waals surface area contributed by atoms with Crippen molar-refractivity contribution in [3.63, 3.8) is 0 Å². The molecule has 0 saturated heterocycles. The van der Waals surface area contributed by atoms with Crippen LogP contribution < -0.4 is 5.32 Å². The number of nitrogens with one attached hydrogen (secondary N) is 1. The van der Waals surface area contributed by atoms with Gasteiger partial charge >= 0.3 is 5.97 Å². The fraction of sp³-hybridized carbons (Fsp3) is 0.500. The molecule has 1 N–H and O–H groups in total. The lowest BCUT2D eigenvalue weighted by molar-refractivity contribution is 0.0564. The van der Waals surface area contributed by atoms with Crippen LogP contribution in [0.4, 0.5) is 0 Å². The van der Waals surface area contributed by atoms with Crippen LogP contribution in [0.5, 0.6) is 0 Å². The summed E-state index contributed by atoms with van der Waals surface area (Å²) in [5.41, 5.74) is 1.15. The predicted octanol–water partition coefficient (Wildman–Crippen LogP) is 2.72. The first-order chi connectivity index (χ1) is 8.52. The summed E-state index contributed by atoms with van der Waals surface area (Å²) < 4.78 is 9.94. The summed E-state index contributed by atoms with van der Waals surface area (Å²) >= 11 is 0. The summed E-state index contributed by atoms with van der Waals surface area (Å²) in [5.74, 6) is 1.07. The molecular weight excluding hydrogens is 230 g/mol. The van der Waals surface area contributed by atoms with Gasteiger partial charge in [-0.1, -0.05) is 19.4 Å². The van der Waals surface area contributed by atoms with Gasteiger partial charge in [-0.3, -0.25) is 0 Å². The van der Waals surface area contributed by atoms with Gasteiger partial charge in [-0.2, -0.15) is 0 Å². The van der Waals surface area contributed by atoms with Gasteiger partial charge in [0.15, 0.2) is 0 Å². The fourth-order valence-corrected chi connectivity index (χ4v) is 1.49. The minimum absolute atomic E-state index is 0.228. The Morgan fingerprint density at radius 1 is 1.50 bits per heavy atom. The highest BCUT2D eigenvalue weighted by Gasteiger charge is 2.09. The quantitative estimate of drug-likeness (QED) is 0.790. The van der Waals surface area contributed by atoms with Crippen LogP contribution in [0.15, 0.2) is 22.1 Å². The van der Waals surface area contributed by atoms with E-state index in [1.165, 1.54) is 7.11 Å². The van der Waals surface area contributed by atoms with E-state index >= 15 is 0 Å². The van der Waals surface area contributed by atoms with Crippen molar-refractivity contribution in [1.82, 2.24) is 5.32 Å². The molecule has 0 fully saturated rings. The van der Waals surface area contributed by atoms with Gasteiger partial charge in [0.1, 0.15) is 5.76 Å². The third-order valence-corrected chi connectivity index (χ3v) is 2.36. The van der Waals surface area contributed by atoms with E-state index in [1.807, 2.05) is 13.0 Å². The third-order valence-electron chi connectivity index (χ3n) is 2.36. The molecule has 0 radical (unpaired) electrons. The van der Waals surface area contributed by atoms with Crippen LogP contribution in [0.3, 0.4) is 0 Å². The molecule has 1 aromatic rings. The van der Waals surface area contributed by atoms with Gasteiger partial charge in [-0.05, 0) is 37.6 Å². The average Bonchev–Trinajstić information content (AvgIpc) is 2.76. The van der Waals surface area contributed by atoms with E-state index in [1.54, 1.807) is 12.1 Å². The lowest BCUT2D eigenvalue weighted by Gasteiger charge is -2.06. The molecule has 0 aliphatic heterocycles. The van der Waals surface area contributed by atoms with E-state index in [2.05, 4.69) is 23.9 Å². The second-order valence-corrected chi connectivity index (χ2v) is 4.71. The Kier molecular flexibility index (Phi) is 5.65. The SMILES string of the molecule is COC(=O)c1ccc(C=C(C)CNCC(C)C)o1. The number of methoxy groups -OCH3 is 1. The molecule has 4 nitrogen and oxygen atoms in total. The van der Waals surface area contributed by atoms with Gasteiger partial charge in [0.25, 0.3) is 0 Å². The fourth-order valence-electron chi connectivity index (χ4n) is 1.49. The molecule has 0 amide bonds. The van der Waals surface area contributed by atoms with Crippen LogP contribution in [0, 0.1) is 5.92 Å². The first kappa shape index (κ1) is 14.5. The molecule has 0 saturated carbocycles. The lowest BCUT2D eigenvalue weighted by Crippen LogP contribution is -2.21. The minimum atomic E-state index is -0.453. The summed E-state index contributed by atoms with van der Waals surface area (Å²) in [6.45, 7) is 8.15. The molecule has 0 bridgehead atoms. The summed E-state index contributed by atoms with van der Waals surface area (Å²) in [6.07, 6.45) is 1.92. The topological polar surface area (TPSA) is 51.5 Å². The monoisotopic (exact) mass is 251 g/mol. The van der Waals surface area contributed by atoms with Gasteiger partial charge in [0.2, 0.25) is 5.76 Å². The zero-order chi connectivity index (χ0) is 13.5. The standard InChI is InChI=1S/C14H21NO3/c1-10(2)8-15-9-11(3)7-12-5-6-13(18-12)14(16)17-4/h5-7,10,15H,8-9H2,1-4H3. The Morgan fingerprint density at radius 3 is 2.83 bits per heavy atom. The van der Waals surface area contributed by atoms with Gasteiger partial charge in [0, 0.05) is 6.54 Å². The molecule has 1 heterocycles. The normalized spacial score (nSPS) is 11.9. The molecule has 1 aromatic heterocycles. The Morgan fingerprint density at radius 2 is 2.22 bits per heavy atom. The highest BCUT2D eigenvalue weighted by atomic mass is 16.5. The predicted molar refractivity (Wildman–Crippen MR) is 71.4 cm³/mol. The van der Waals surface area contributed by atoms with E-state index in [9.17, 15) is 4.79 Å². The molecule has 1 rings (SSSR count). The number of rotatable bonds is 6. The van der Waals surface area contributed by atoms with Crippen molar-refractivity contribution >= 4 is 12.0 Å². The molecular formula is C14H21NO3. The molecule has 0 unspecified atom stereocenters. The Bertz CT molecular complexity index is 418. The molecule has 0 aliphatic carbocycles. The summed E-state index contributed by atoms with van der Waals surface area (Å²) in [4.78, 5) is 11.2. The van der Waals surface area contributed by atoms with Gasteiger partial charge in [-0.25, -0.2) is 4.79 Å². The van der Waals surface area contributed by atoms with Crippen LogP contribution in [-0.4, -0.2) is 26.2 Å². The molecule has 18 heavy (non-hydrogen) atoms.